The van der Waals surface area contributed by atoms with Gasteiger partial charge in [0.1, 0.15) is 0 Å². The first-order valence-electron chi connectivity index (χ1n) is 6.46. The van der Waals surface area contributed by atoms with E-state index in [1.165, 1.54) is 0 Å². The molecule has 0 N–H and O–H groups in total. The molecule has 1 aromatic rings. The van der Waals surface area contributed by atoms with Gasteiger partial charge in [-0.2, -0.15) is 0 Å². The second-order valence-corrected chi connectivity index (χ2v) is 6.59. The van der Waals surface area contributed by atoms with Crippen molar-refractivity contribution in [3.8, 4) is 0 Å². The molecule has 5 nitrogen and oxygen atoms in total. The summed E-state index contributed by atoms with van der Waals surface area (Å²) in [6, 6.07) is 0.382. The van der Waals surface area contributed by atoms with Crippen molar-refractivity contribution >= 4 is 15.9 Å². The second-order valence-electron chi connectivity index (χ2n) is 5.22. The molecule has 0 saturated carbocycles. The Hall–Kier alpha value is -0.460. The van der Waals surface area contributed by atoms with E-state index < -0.39 is 0 Å². The number of halogens is 1. The van der Waals surface area contributed by atoms with Crippen LogP contribution in [0.2, 0.25) is 0 Å². The Bertz CT molecular complexity index is 415. The highest BCUT2D eigenvalue weighted by molar-refractivity contribution is 9.09. The molecule has 100 valence electrons. The standard InChI is InChI=1S/C12H18BrN3O2/c1-9(13)11-7-16(15-14-11)10-2-4-18-12(6-10)3-5-17-8-12/h7,9-10H,2-6,8H2,1H3. The van der Waals surface area contributed by atoms with Crippen LogP contribution >= 0.6 is 15.9 Å². The van der Waals surface area contributed by atoms with Crippen molar-refractivity contribution in [3.63, 3.8) is 0 Å². The minimum absolute atomic E-state index is 0.0744. The molecule has 0 amide bonds. The SMILES string of the molecule is CC(Br)c1cn(C2CCOC3(CCOC3)C2)nn1. The predicted molar refractivity (Wildman–Crippen MR) is 69.8 cm³/mol. The molecule has 3 atom stereocenters. The average Bonchev–Trinajstić information content (AvgIpc) is 2.98. The van der Waals surface area contributed by atoms with E-state index >= 15 is 0 Å². The van der Waals surface area contributed by atoms with Gasteiger partial charge in [0.15, 0.2) is 0 Å². The maximum Gasteiger partial charge on any atom is 0.0960 e. The molecule has 0 bridgehead atoms. The van der Waals surface area contributed by atoms with Crippen molar-refractivity contribution in [2.45, 2.75) is 42.7 Å². The zero-order valence-electron chi connectivity index (χ0n) is 10.5. The molecular weight excluding hydrogens is 298 g/mol. The van der Waals surface area contributed by atoms with Crippen LogP contribution in [0.15, 0.2) is 6.20 Å². The summed E-state index contributed by atoms with van der Waals surface area (Å²) < 4.78 is 13.4. The lowest BCUT2D eigenvalue weighted by Crippen LogP contribution is -2.41. The number of alkyl halides is 1. The van der Waals surface area contributed by atoms with Gasteiger partial charge in [0.2, 0.25) is 0 Å². The molecular formula is C12H18BrN3O2. The highest BCUT2D eigenvalue weighted by atomic mass is 79.9. The number of hydrogen-bond acceptors (Lipinski definition) is 4. The van der Waals surface area contributed by atoms with Crippen LogP contribution in [0, 0.1) is 0 Å². The maximum atomic E-state index is 5.94. The van der Waals surface area contributed by atoms with Crippen LogP contribution in [-0.4, -0.2) is 40.4 Å². The van der Waals surface area contributed by atoms with Crippen LogP contribution in [0.4, 0.5) is 0 Å². The molecule has 2 aliphatic rings. The lowest BCUT2D eigenvalue weighted by Gasteiger charge is -2.36. The van der Waals surface area contributed by atoms with Gasteiger partial charge in [-0.15, -0.1) is 5.10 Å². The van der Waals surface area contributed by atoms with Crippen LogP contribution in [0.5, 0.6) is 0 Å². The van der Waals surface area contributed by atoms with Gasteiger partial charge in [-0.3, -0.25) is 0 Å². The van der Waals surface area contributed by atoms with E-state index in [2.05, 4.69) is 33.2 Å². The minimum atomic E-state index is -0.0744. The van der Waals surface area contributed by atoms with E-state index in [1.807, 2.05) is 10.9 Å². The predicted octanol–water partition coefficient (Wildman–Crippen LogP) is 2.24. The summed E-state index contributed by atoms with van der Waals surface area (Å²) in [5.41, 5.74) is 0.910. The fourth-order valence-corrected chi connectivity index (χ4v) is 2.95. The zero-order valence-corrected chi connectivity index (χ0v) is 12.1. The number of ether oxygens (including phenoxy) is 2. The van der Waals surface area contributed by atoms with Gasteiger partial charge in [0.25, 0.3) is 0 Å². The lowest BCUT2D eigenvalue weighted by atomic mass is 9.90. The van der Waals surface area contributed by atoms with Crippen LogP contribution < -0.4 is 0 Å². The zero-order chi connectivity index (χ0) is 12.6. The molecule has 1 aromatic heterocycles. The van der Waals surface area contributed by atoms with Crippen molar-refractivity contribution < 1.29 is 9.47 Å². The first kappa shape index (κ1) is 12.6. The number of hydrogen-bond donors (Lipinski definition) is 0. The number of aromatic nitrogens is 3. The maximum absolute atomic E-state index is 5.94. The van der Waals surface area contributed by atoms with E-state index in [9.17, 15) is 0 Å². The molecule has 2 fully saturated rings. The molecule has 3 rings (SSSR count). The van der Waals surface area contributed by atoms with Crippen LogP contribution in [0.25, 0.3) is 0 Å². The quantitative estimate of drug-likeness (QED) is 0.785. The monoisotopic (exact) mass is 315 g/mol. The molecule has 0 radical (unpaired) electrons. The Morgan fingerprint density at radius 3 is 3.11 bits per heavy atom. The summed E-state index contributed by atoms with van der Waals surface area (Å²) in [6.45, 7) is 4.38. The van der Waals surface area contributed by atoms with Gasteiger partial charge < -0.3 is 9.47 Å². The lowest BCUT2D eigenvalue weighted by molar-refractivity contribution is -0.0964. The fourth-order valence-electron chi connectivity index (χ4n) is 2.74. The molecule has 2 saturated heterocycles. The highest BCUT2D eigenvalue weighted by Crippen LogP contribution is 2.37. The first-order chi connectivity index (χ1) is 8.69. The highest BCUT2D eigenvalue weighted by Gasteiger charge is 2.41. The molecule has 6 heteroatoms. The first-order valence-corrected chi connectivity index (χ1v) is 7.38. The molecule has 0 aliphatic carbocycles. The minimum Gasteiger partial charge on any atom is -0.378 e. The van der Waals surface area contributed by atoms with Crippen molar-refractivity contribution in [3.05, 3.63) is 11.9 Å². The molecule has 1 spiro atoms. The van der Waals surface area contributed by atoms with Crippen molar-refractivity contribution in [2.24, 2.45) is 0 Å². The molecule has 3 unspecified atom stereocenters. The number of rotatable bonds is 2. The smallest absolute Gasteiger partial charge is 0.0960 e. The second kappa shape index (κ2) is 4.90. The Labute approximate surface area is 115 Å². The van der Waals surface area contributed by atoms with Crippen LogP contribution in [-0.2, 0) is 9.47 Å². The molecule has 2 aliphatic heterocycles. The number of nitrogens with zero attached hydrogens (tertiary/aromatic N) is 3. The van der Waals surface area contributed by atoms with Gasteiger partial charge in [0.05, 0.1) is 28.8 Å². The van der Waals surface area contributed by atoms with Gasteiger partial charge in [-0.05, 0) is 13.3 Å². The molecule has 18 heavy (non-hydrogen) atoms. The summed E-state index contributed by atoms with van der Waals surface area (Å²) in [6.07, 6.45) is 5.02. The van der Waals surface area contributed by atoms with Crippen molar-refractivity contribution in [1.29, 1.82) is 0 Å². The third-order valence-corrected chi connectivity index (χ3v) is 4.31. The fraction of sp³-hybridized carbons (Fsp3) is 0.833. The summed E-state index contributed by atoms with van der Waals surface area (Å²) in [5.74, 6) is 0. The van der Waals surface area contributed by atoms with E-state index in [-0.39, 0.29) is 10.4 Å². The summed E-state index contributed by atoms with van der Waals surface area (Å²) >= 11 is 3.52. The average molecular weight is 316 g/mol. The van der Waals surface area contributed by atoms with E-state index in [4.69, 9.17) is 9.47 Å². The van der Waals surface area contributed by atoms with Gasteiger partial charge in [-0.1, -0.05) is 21.1 Å². The van der Waals surface area contributed by atoms with Gasteiger partial charge >= 0.3 is 0 Å². The summed E-state index contributed by atoms with van der Waals surface area (Å²) in [4.78, 5) is 0.245. The summed E-state index contributed by atoms with van der Waals surface area (Å²) in [5, 5.41) is 8.46. The largest absolute Gasteiger partial charge is 0.378 e. The Kier molecular flexibility index (Phi) is 3.42. The van der Waals surface area contributed by atoms with Crippen molar-refractivity contribution in [2.75, 3.05) is 19.8 Å². The third kappa shape index (κ3) is 2.33. The molecule has 3 heterocycles. The molecule has 0 aromatic carbocycles. The Morgan fingerprint density at radius 2 is 2.44 bits per heavy atom. The Balaban J connectivity index is 1.75. The summed E-state index contributed by atoms with van der Waals surface area (Å²) in [7, 11) is 0. The topological polar surface area (TPSA) is 49.2 Å². The van der Waals surface area contributed by atoms with Crippen LogP contribution in [0.1, 0.15) is 42.7 Å². The van der Waals surface area contributed by atoms with E-state index in [0.29, 0.717) is 6.04 Å². The third-order valence-electron chi connectivity index (χ3n) is 3.84. The van der Waals surface area contributed by atoms with Gasteiger partial charge in [0, 0.05) is 32.3 Å². The van der Waals surface area contributed by atoms with E-state index in [0.717, 1.165) is 44.8 Å². The van der Waals surface area contributed by atoms with Crippen LogP contribution in [0.3, 0.4) is 0 Å². The van der Waals surface area contributed by atoms with Crippen molar-refractivity contribution in [1.82, 2.24) is 15.0 Å². The normalized spacial score (nSPS) is 34.0. The van der Waals surface area contributed by atoms with Gasteiger partial charge in [-0.25, -0.2) is 4.68 Å². The Morgan fingerprint density at radius 1 is 1.56 bits per heavy atom. The van der Waals surface area contributed by atoms with E-state index in [1.54, 1.807) is 0 Å².